The Kier molecular flexibility index (Phi) is 6.83. The molecular formula is C29H26O5. The summed E-state index contributed by atoms with van der Waals surface area (Å²) in [5.74, 6) is 0.164. The Bertz CT molecular complexity index is 1040. The van der Waals surface area contributed by atoms with Crippen molar-refractivity contribution in [2.24, 2.45) is 0 Å². The molecule has 34 heavy (non-hydrogen) atoms. The quantitative estimate of drug-likeness (QED) is 0.269. The smallest absolute Gasteiger partial charge is 0.134 e. The number of ketones is 1. The number of hydrogen-bond donors (Lipinski definition) is 4. The predicted molar refractivity (Wildman–Crippen MR) is 130 cm³/mol. The minimum absolute atomic E-state index is 0.0392. The molecule has 0 spiro atoms. The molecule has 4 aromatic carbocycles. The molecule has 0 amide bonds. The van der Waals surface area contributed by atoms with Crippen LogP contribution in [0.3, 0.4) is 0 Å². The van der Waals surface area contributed by atoms with Crippen LogP contribution in [-0.4, -0.2) is 26.2 Å². The van der Waals surface area contributed by atoms with Gasteiger partial charge < -0.3 is 20.4 Å². The molecule has 0 fully saturated rings. The van der Waals surface area contributed by atoms with Gasteiger partial charge in [0.25, 0.3) is 0 Å². The standard InChI is InChI=1S/C29H26O5/c30-23-9-1-19(2-10-23)28(20-3-11-24(31)12-4-20)17-27(34)18-29(21-5-13-25(32)14-6-21)22-7-15-26(33)16-8-22/h1-16,28-33H,17-18H2. The number of carbonyl (C=O) groups excluding carboxylic acids is 1. The van der Waals surface area contributed by atoms with Crippen molar-refractivity contribution in [2.75, 3.05) is 0 Å². The van der Waals surface area contributed by atoms with Crippen molar-refractivity contribution in [3.8, 4) is 23.0 Å². The van der Waals surface area contributed by atoms with Crippen molar-refractivity contribution in [3.05, 3.63) is 119 Å². The molecule has 4 rings (SSSR count). The molecule has 0 unspecified atom stereocenters. The van der Waals surface area contributed by atoms with Gasteiger partial charge in [0.1, 0.15) is 28.8 Å². The Hall–Kier alpha value is -4.25. The molecule has 4 N–H and O–H groups in total. The van der Waals surface area contributed by atoms with Gasteiger partial charge in [0, 0.05) is 24.7 Å². The summed E-state index contributed by atoms with van der Waals surface area (Å²) < 4.78 is 0. The summed E-state index contributed by atoms with van der Waals surface area (Å²) in [7, 11) is 0. The third kappa shape index (κ3) is 5.56. The van der Waals surface area contributed by atoms with E-state index in [1.807, 2.05) is 0 Å². The molecule has 172 valence electrons. The van der Waals surface area contributed by atoms with Crippen LogP contribution >= 0.6 is 0 Å². The number of Topliss-reactive ketones (excluding diaryl/α,β-unsaturated/α-hetero) is 1. The van der Waals surface area contributed by atoms with Crippen molar-refractivity contribution >= 4 is 5.78 Å². The van der Waals surface area contributed by atoms with E-state index >= 15 is 0 Å². The third-order valence-corrected chi connectivity index (χ3v) is 6.05. The highest BCUT2D eigenvalue weighted by Gasteiger charge is 2.23. The number of aromatic hydroxyl groups is 4. The van der Waals surface area contributed by atoms with Crippen LogP contribution in [0.1, 0.15) is 46.9 Å². The Balaban J connectivity index is 1.63. The molecule has 0 saturated carbocycles. The van der Waals surface area contributed by atoms with E-state index in [0.29, 0.717) is 0 Å². The molecule has 0 radical (unpaired) electrons. The van der Waals surface area contributed by atoms with Gasteiger partial charge in [-0.15, -0.1) is 0 Å². The molecule has 0 saturated heterocycles. The number of benzene rings is 4. The lowest BCUT2D eigenvalue weighted by molar-refractivity contribution is -0.119. The Labute approximate surface area is 198 Å². The van der Waals surface area contributed by atoms with Crippen LogP contribution in [0, 0.1) is 0 Å². The van der Waals surface area contributed by atoms with E-state index in [9.17, 15) is 25.2 Å². The van der Waals surface area contributed by atoms with E-state index in [1.54, 1.807) is 97.1 Å². The molecule has 5 nitrogen and oxygen atoms in total. The maximum Gasteiger partial charge on any atom is 0.134 e. The first kappa shape index (κ1) is 22.9. The Morgan fingerprint density at radius 1 is 0.441 bits per heavy atom. The molecule has 0 aliphatic rings. The van der Waals surface area contributed by atoms with E-state index < -0.39 is 0 Å². The molecule has 4 aromatic rings. The normalized spacial score (nSPS) is 11.1. The van der Waals surface area contributed by atoms with E-state index in [-0.39, 0.29) is 53.5 Å². The number of rotatable bonds is 8. The maximum absolute atomic E-state index is 13.4. The number of hydrogen-bond acceptors (Lipinski definition) is 5. The second-order valence-corrected chi connectivity index (χ2v) is 8.42. The van der Waals surface area contributed by atoms with Crippen LogP contribution in [0.2, 0.25) is 0 Å². The van der Waals surface area contributed by atoms with Crippen LogP contribution in [0.25, 0.3) is 0 Å². The summed E-state index contributed by atoms with van der Waals surface area (Å²) in [5.41, 5.74) is 3.57. The van der Waals surface area contributed by atoms with E-state index in [1.165, 1.54) is 0 Å². The van der Waals surface area contributed by atoms with Crippen LogP contribution in [0.4, 0.5) is 0 Å². The minimum Gasteiger partial charge on any atom is -0.508 e. The molecule has 0 heterocycles. The molecule has 0 atom stereocenters. The Morgan fingerprint density at radius 2 is 0.647 bits per heavy atom. The SMILES string of the molecule is O=C(CC(c1ccc(O)cc1)c1ccc(O)cc1)CC(c1ccc(O)cc1)c1ccc(O)cc1. The van der Waals surface area contributed by atoms with E-state index in [0.717, 1.165) is 22.3 Å². The van der Waals surface area contributed by atoms with E-state index in [2.05, 4.69) is 0 Å². The lowest BCUT2D eigenvalue weighted by Gasteiger charge is -2.21. The fourth-order valence-electron chi connectivity index (χ4n) is 4.22. The zero-order chi connectivity index (χ0) is 24.1. The molecular weight excluding hydrogens is 428 g/mol. The Morgan fingerprint density at radius 3 is 0.853 bits per heavy atom. The van der Waals surface area contributed by atoms with Gasteiger partial charge >= 0.3 is 0 Å². The fraction of sp³-hybridized carbons (Fsp3) is 0.138. The molecule has 5 heteroatoms. The highest BCUT2D eigenvalue weighted by Crippen LogP contribution is 2.35. The van der Waals surface area contributed by atoms with Gasteiger partial charge in [-0.25, -0.2) is 0 Å². The first-order valence-electron chi connectivity index (χ1n) is 11.1. The van der Waals surface area contributed by atoms with Gasteiger partial charge in [0.05, 0.1) is 0 Å². The topological polar surface area (TPSA) is 98.0 Å². The molecule has 0 bridgehead atoms. The maximum atomic E-state index is 13.4. The van der Waals surface area contributed by atoms with Crippen LogP contribution in [0.5, 0.6) is 23.0 Å². The van der Waals surface area contributed by atoms with Crippen LogP contribution in [0.15, 0.2) is 97.1 Å². The summed E-state index contributed by atoms with van der Waals surface area (Å²) in [6.45, 7) is 0. The number of phenolic OH excluding ortho intramolecular Hbond substituents is 4. The fourth-order valence-corrected chi connectivity index (χ4v) is 4.22. The minimum atomic E-state index is -0.242. The average Bonchev–Trinajstić information content (AvgIpc) is 2.84. The summed E-state index contributed by atoms with van der Waals surface area (Å²) >= 11 is 0. The van der Waals surface area contributed by atoms with Gasteiger partial charge in [-0.2, -0.15) is 0 Å². The van der Waals surface area contributed by atoms with Gasteiger partial charge in [0.15, 0.2) is 0 Å². The second kappa shape index (κ2) is 10.1. The van der Waals surface area contributed by atoms with Crippen molar-refractivity contribution in [1.82, 2.24) is 0 Å². The van der Waals surface area contributed by atoms with Crippen molar-refractivity contribution in [2.45, 2.75) is 24.7 Å². The van der Waals surface area contributed by atoms with Crippen LogP contribution < -0.4 is 0 Å². The molecule has 0 aliphatic carbocycles. The monoisotopic (exact) mass is 454 g/mol. The molecule has 0 aliphatic heterocycles. The molecule has 0 aromatic heterocycles. The van der Waals surface area contributed by atoms with Crippen LogP contribution in [-0.2, 0) is 4.79 Å². The zero-order valence-corrected chi connectivity index (χ0v) is 18.5. The summed E-state index contributed by atoms with van der Waals surface area (Å²) in [5, 5.41) is 38.8. The van der Waals surface area contributed by atoms with Crippen molar-refractivity contribution in [3.63, 3.8) is 0 Å². The van der Waals surface area contributed by atoms with Gasteiger partial charge in [-0.1, -0.05) is 48.5 Å². The number of phenols is 4. The van der Waals surface area contributed by atoms with Gasteiger partial charge in [-0.3, -0.25) is 4.79 Å². The van der Waals surface area contributed by atoms with Crippen molar-refractivity contribution in [1.29, 1.82) is 0 Å². The van der Waals surface area contributed by atoms with Gasteiger partial charge in [-0.05, 0) is 70.8 Å². The predicted octanol–water partition coefficient (Wildman–Crippen LogP) is 5.82. The lowest BCUT2D eigenvalue weighted by Crippen LogP contribution is -2.13. The first-order valence-corrected chi connectivity index (χ1v) is 11.1. The highest BCUT2D eigenvalue weighted by atomic mass is 16.3. The lowest BCUT2D eigenvalue weighted by atomic mass is 9.82. The summed E-state index contributed by atoms with van der Waals surface area (Å²) in [6.07, 6.45) is 0.477. The number of carbonyl (C=O) groups is 1. The third-order valence-electron chi connectivity index (χ3n) is 6.05. The second-order valence-electron chi connectivity index (χ2n) is 8.42. The largest absolute Gasteiger partial charge is 0.508 e. The van der Waals surface area contributed by atoms with E-state index in [4.69, 9.17) is 0 Å². The first-order chi connectivity index (χ1) is 16.4. The average molecular weight is 455 g/mol. The zero-order valence-electron chi connectivity index (χ0n) is 18.5. The highest BCUT2D eigenvalue weighted by molar-refractivity contribution is 5.81. The summed E-state index contributed by atoms with van der Waals surface area (Å²) in [6, 6.07) is 27.2. The van der Waals surface area contributed by atoms with Gasteiger partial charge in [0.2, 0.25) is 0 Å². The summed E-state index contributed by atoms with van der Waals surface area (Å²) in [4.78, 5) is 13.4. The van der Waals surface area contributed by atoms with Crippen molar-refractivity contribution < 1.29 is 25.2 Å².